The fourth-order valence-electron chi connectivity index (χ4n) is 2.37. The maximum Gasteiger partial charge on any atom is 0.136 e. The van der Waals surface area contributed by atoms with Crippen LogP contribution in [0, 0.1) is 0 Å². The maximum absolute atomic E-state index is 11.5. The molecule has 3 heteroatoms. The summed E-state index contributed by atoms with van der Waals surface area (Å²) in [7, 11) is 0. The molecule has 1 aromatic carbocycles. The van der Waals surface area contributed by atoms with Crippen LogP contribution in [-0.2, 0) is 11.3 Å². The van der Waals surface area contributed by atoms with Crippen molar-refractivity contribution >= 4 is 21.7 Å². The number of piperidine rings is 1. The molecule has 1 aliphatic rings. The molecule has 1 fully saturated rings. The number of carbonyl (C=O) groups excluding carboxylic acids is 1. The number of ketones is 1. The summed E-state index contributed by atoms with van der Waals surface area (Å²) in [6.45, 7) is 6.08. The molecule has 1 aliphatic heterocycles. The predicted molar refractivity (Wildman–Crippen MR) is 72.9 cm³/mol. The number of halogens is 1. The number of nitrogens with zero attached hydrogens (tertiary/aromatic N) is 1. The number of Topliss-reactive ketones (excluding diaryl/α,β-unsaturated/α-hetero) is 1. The van der Waals surface area contributed by atoms with Crippen LogP contribution in [0.15, 0.2) is 28.7 Å². The molecule has 2 nitrogen and oxygen atoms in total. The smallest absolute Gasteiger partial charge is 0.136 e. The maximum atomic E-state index is 11.5. The minimum Gasteiger partial charge on any atom is -0.300 e. The molecule has 0 aromatic heterocycles. The van der Waals surface area contributed by atoms with Gasteiger partial charge in [0.2, 0.25) is 0 Å². The van der Waals surface area contributed by atoms with Gasteiger partial charge in [-0.3, -0.25) is 9.69 Å². The number of hydrogen-bond acceptors (Lipinski definition) is 2. The van der Waals surface area contributed by atoms with E-state index in [0.717, 1.165) is 17.6 Å². The highest BCUT2D eigenvalue weighted by molar-refractivity contribution is 9.10. The SMILES string of the molecule is CC1(C)CC(=O)CCN1Cc1ccccc1Br. The predicted octanol–water partition coefficient (Wildman–Crippen LogP) is 3.39. The molecule has 0 radical (unpaired) electrons. The zero-order valence-corrected chi connectivity index (χ0v) is 12.0. The molecular weight excluding hydrogens is 278 g/mol. The van der Waals surface area contributed by atoms with Gasteiger partial charge in [0, 0.05) is 35.9 Å². The molecule has 0 N–H and O–H groups in total. The molecule has 2 rings (SSSR count). The van der Waals surface area contributed by atoms with Crippen molar-refractivity contribution in [3.8, 4) is 0 Å². The van der Waals surface area contributed by atoms with Crippen LogP contribution in [0.4, 0.5) is 0 Å². The minimum atomic E-state index is -0.0232. The molecule has 0 unspecified atom stereocenters. The Labute approximate surface area is 111 Å². The molecule has 0 spiro atoms. The third kappa shape index (κ3) is 2.96. The molecule has 0 saturated carbocycles. The van der Waals surface area contributed by atoms with E-state index in [1.807, 2.05) is 6.07 Å². The van der Waals surface area contributed by atoms with Gasteiger partial charge in [0.05, 0.1) is 0 Å². The molecule has 17 heavy (non-hydrogen) atoms. The zero-order chi connectivity index (χ0) is 12.5. The van der Waals surface area contributed by atoms with Gasteiger partial charge in [0.25, 0.3) is 0 Å². The lowest BCUT2D eigenvalue weighted by Crippen LogP contribution is -2.49. The molecule has 1 saturated heterocycles. The highest BCUT2D eigenvalue weighted by Crippen LogP contribution is 2.28. The Morgan fingerprint density at radius 2 is 2.06 bits per heavy atom. The lowest BCUT2D eigenvalue weighted by Gasteiger charge is -2.41. The van der Waals surface area contributed by atoms with E-state index in [0.29, 0.717) is 18.6 Å². The number of hydrogen-bond donors (Lipinski definition) is 0. The summed E-state index contributed by atoms with van der Waals surface area (Å²) in [6, 6.07) is 8.29. The fourth-order valence-corrected chi connectivity index (χ4v) is 2.78. The second-order valence-corrected chi connectivity index (χ2v) is 6.15. The standard InChI is InChI=1S/C14H18BrNO/c1-14(2)9-12(17)7-8-16(14)10-11-5-3-4-6-13(11)15/h3-6H,7-10H2,1-2H3. The summed E-state index contributed by atoms with van der Waals surface area (Å²) in [5, 5.41) is 0. The second-order valence-electron chi connectivity index (χ2n) is 5.29. The average Bonchev–Trinajstić information content (AvgIpc) is 2.24. The normalized spacial score (nSPS) is 20.5. The summed E-state index contributed by atoms with van der Waals surface area (Å²) in [4.78, 5) is 13.9. The summed E-state index contributed by atoms with van der Waals surface area (Å²) in [5.74, 6) is 0.387. The zero-order valence-electron chi connectivity index (χ0n) is 10.4. The van der Waals surface area contributed by atoms with Crippen molar-refractivity contribution < 1.29 is 4.79 Å². The van der Waals surface area contributed by atoms with E-state index in [9.17, 15) is 4.79 Å². The van der Waals surface area contributed by atoms with Gasteiger partial charge < -0.3 is 0 Å². The molecule has 1 aromatic rings. The van der Waals surface area contributed by atoms with Crippen molar-refractivity contribution in [1.29, 1.82) is 0 Å². The van der Waals surface area contributed by atoms with Gasteiger partial charge in [-0.15, -0.1) is 0 Å². The summed E-state index contributed by atoms with van der Waals surface area (Å²) in [5.41, 5.74) is 1.26. The highest BCUT2D eigenvalue weighted by atomic mass is 79.9. The van der Waals surface area contributed by atoms with Gasteiger partial charge in [0.15, 0.2) is 0 Å². The van der Waals surface area contributed by atoms with Crippen LogP contribution in [-0.4, -0.2) is 22.8 Å². The van der Waals surface area contributed by atoms with Crippen molar-refractivity contribution in [1.82, 2.24) is 4.90 Å². The van der Waals surface area contributed by atoms with Gasteiger partial charge in [-0.2, -0.15) is 0 Å². The van der Waals surface area contributed by atoms with Crippen LogP contribution in [0.1, 0.15) is 32.3 Å². The third-order valence-electron chi connectivity index (χ3n) is 3.47. The first kappa shape index (κ1) is 12.8. The topological polar surface area (TPSA) is 20.3 Å². The van der Waals surface area contributed by atoms with Crippen LogP contribution in [0.2, 0.25) is 0 Å². The Morgan fingerprint density at radius 1 is 1.35 bits per heavy atom. The Hall–Kier alpha value is -0.670. The van der Waals surface area contributed by atoms with Gasteiger partial charge in [-0.05, 0) is 25.5 Å². The van der Waals surface area contributed by atoms with Crippen molar-refractivity contribution in [3.63, 3.8) is 0 Å². The summed E-state index contributed by atoms with van der Waals surface area (Å²) in [6.07, 6.45) is 1.35. The first-order chi connectivity index (χ1) is 7.99. The Bertz CT molecular complexity index is 428. The first-order valence-electron chi connectivity index (χ1n) is 5.99. The van der Waals surface area contributed by atoms with Crippen molar-refractivity contribution in [3.05, 3.63) is 34.3 Å². The van der Waals surface area contributed by atoms with Crippen molar-refractivity contribution in [2.45, 2.75) is 38.8 Å². The monoisotopic (exact) mass is 295 g/mol. The molecule has 92 valence electrons. The van der Waals surface area contributed by atoms with Gasteiger partial charge in [0.1, 0.15) is 5.78 Å². The number of rotatable bonds is 2. The quantitative estimate of drug-likeness (QED) is 0.833. The molecule has 0 atom stereocenters. The van der Waals surface area contributed by atoms with E-state index in [1.54, 1.807) is 0 Å². The lowest BCUT2D eigenvalue weighted by molar-refractivity contribution is -0.125. The molecule has 1 heterocycles. The fraction of sp³-hybridized carbons (Fsp3) is 0.500. The van der Waals surface area contributed by atoms with Crippen LogP contribution in [0.5, 0.6) is 0 Å². The van der Waals surface area contributed by atoms with E-state index in [1.165, 1.54) is 5.56 Å². The van der Waals surface area contributed by atoms with Gasteiger partial charge in [-0.1, -0.05) is 34.1 Å². The Morgan fingerprint density at radius 3 is 2.71 bits per heavy atom. The van der Waals surface area contributed by atoms with E-state index >= 15 is 0 Å². The Balaban J connectivity index is 2.14. The highest BCUT2D eigenvalue weighted by Gasteiger charge is 2.33. The molecule has 0 aliphatic carbocycles. The Kier molecular flexibility index (Phi) is 3.69. The van der Waals surface area contributed by atoms with Crippen molar-refractivity contribution in [2.24, 2.45) is 0 Å². The van der Waals surface area contributed by atoms with E-state index in [-0.39, 0.29) is 5.54 Å². The van der Waals surface area contributed by atoms with E-state index < -0.39 is 0 Å². The van der Waals surface area contributed by atoms with Crippen LogP contribution < -0.4 is 0 Å². The van der Waals surface area contributed by atoms with E-state index in [2.05, 4.69) is 52.9 Å². The summed E-state index contributed by atoms with van der Waals surface area (Å²) < 4.78 is 1.15. The van der Waals surface area contributed by atoms with E-state index in [4.69, 9.17) is 0 Å². The van der Waals surface area contributed by atoms with Crippen LogP contribution in [0.3, 0.4) is 0 Å². The van der Waals surface area contributed by atoms with Gasteiger partial charge in [-0.25, -0.2) is 0 Å². The van der Waals surface area contributed by atoms with Crippen molar-refractivity contribution in [2.75, 3.05) is 6.54 Å². The minimum absolute atomic E-state index is 0.0232. The lowest BCUT2D eigenvalue weighted by atomic mass is 9.89. The molecule has 0 bridgehead atoms. The van der Waals surface area contributed by atoms with Gasteiger partial charge >= 0.3 is 0 Å². The number of likely N-dealkylation sites (tertiary alicyclic amines) is 1. The number of carbonyl (C=O) groups is 1. The summed E-state index contributed by atoms with van der Waals surface area (Å²) >= 11 is 3.58. The van der Waals surface area contributed by atoms with Crippen LogP contribution in [0.25, 0.3) is 0 Å². The number of benzene rings is 1. The van der Waals surface area contributed by atoms with Crippen LogP contribution >= 0.6 is 15.9 Å². The first-order valence-corrected chi connectivity index (χ1v) is 6.78. The molecule has 0 amide bonds. The third-order valence-corrected chi connectivity index (χ3v) is 4.24. The average molecular weight is 296 g/mol. The second kappa shape index (κ2) is 4.91. The molecular formula is C14H18BrNO. The largest absolute Gasteiger partial charge is 0.300 e.